The van der Waals surface area contributed by atoms with Crippen LogP contribution in [0.5, 0.6) is 0 Å². The average molecular weight is 219 g/mol. The molecule has 4 heteroatoms. The Balaban J connectivity index is 2.03. The molecule has 0 spiro atoms. The summed E-state index contributed by atoms with van der Waals surface area (Å²) in [5, 5.41) is 2.85. The quantitative estimate of drug-likeness (QED) is 0.588. The maximum absolute atomic E-state index is 10.4. The number of nitrogen functional groups attached to an aromatic ring is 1. The second kappa shape index (κ2) is 4.88. The van der Waals surface area contributed by atoms with Crippen molar-refractivity contribution in [2.75, 3.05) is 23.7 Å². The number of nitrogens with two attached hydrogens (primary N) is 1. The van der Waals surface area contributed by atoms with Crippen molar-refractivity contribution < 1.29 is 4.79 Å². The SMILES string of the molecule is Nc1ccc(N2CCCC(NC=O)C2)cc1. The van der Waals surface area contributed by atoms with Crippen LogP contribution in [0.2, 0.25) is 0 Å². The van der Waals surface area contributed by atoms with Crippen LogP contribution in [0.4, 0.5) is 11.4 Å². The van der Waals surface area contributed by atoms with Crippen LogP contribution in [-0.2, 0) is 4.79 Å². The van der Waals surface area contributed by atoms with Crippen LogP contribution in [0.1, 0.15) is 12.8 Å². The summed E-state index contributed by atoms with van der Waals surface area (Å²) in [6.07, 6.45) is 2.96. The van der Waals surface area contributed by atoms with Crippen LogP contribution in [0.3, 0.4) is 0 Å². The Morgan fingerprint density at radius 1 is 1.38 bits per heavy atom. The third-order valence-corrected chi connectivity index (χ3v) is 2.98. The minimum absolute atomic E-state index is 0.267. The lowest BCUT2D eigenvalue weighted by Crippen LogP contribution is -2.45. The van der Waals surface area contributed by atoms with Crippen molar-refractivity contribution in [2.45, 2.75) is 18.9 Å². The van der Waals surface area contributed by atoms with Crippen molar-refractivity contribution in [1.29, 1.82) is 0 Å². The largest absolute Gasteiger partial charge is 0.399 e. The fourth-order valence-corrected chi connectivity index (χ4v) is 2.13. The summed E-state index contributed by atoms with van der Waals surface area (Å²) >= 11 is 0. The van der Waals surface area contributed by atoms with Crippen LogP contribution < -0.4 is 16.0 Å². The molecule has 4 nitrogen and oxygen atoms in total. The number of hydrogen-bond donors (Lipinski definition) is 2. The van der Waals surface area contributed by atoms with Gasteiger partial charge in [0.05, 0.1) is 0 Å². The van der Waals surface area contributed by atoms with Gasteiger partial charge < -0.3 is 16.0 Å². The minimum atomic E-state index is 0.267. The fraction of sp³-hybridized carbons (Fsp3) is 0.417. The number of rotatable bonds is 3. The number of anilines is 2. The molecule has 1 aliphatic heterocycles. The number of hydrogen-bond acceptors (Lipinski definition) is 3. The van der Waals surface area contributed by atoms with E-state index < -0.39 is 0 Å². The first kappa shape index (κ1) is 10.8. The van der Waals surface area contributed by atoms with Crippen LogP contribution in [0.15, 0.2) is 24.3 Å². The molecular weight excluding hydrogens is 202 g/mol. The van der Waals surface area contributed by atoms with Gasteiger partial charge in [0.2, 0.25) is 6.41 Å². The molecule has 1 atom stereocenters. The van der Waals surface area contributed by atoms with E-state index >= 15 is 0 Å². The number of piperidine rings is 1. The van der Waals surface area contributed by atoms with Gasteiger partial charge in [-0.25, -0.2) is 0 Å². The van der Waals surface area contributed by atoms with Crippen molar-refractivity contribution in [3.8, 4) is 0 Å². The van der Waals surface area contributed by atoms with Gasteiger partial charge in [-0.2, -0.15) is 0 Å². The molecule has 0 saturated carbocycles. The summed E-state index contributed by atoms with van der Waals surface area (Å²) in [7, 11) is 0. The normalized spacial score (nSPS) is 20.5. The average Bonchev–Trinajstić information content (AvgIpc) is 2.31. The van der Waals surface area contributed by atoms with E-state index in [2.05, 4.69) is 10.2 Å². The van der Waals surface area contributed by atoms with Crippen molar-refractivity contribution in [1.82, 2.24) is 5.32 Å². The van der Waals surface area contributed by atoms with Gasteiger partial charge in [0.15, 0.2) is 0 Å². The van der Waals surface area contributed by atoms with Gasteiger partial charge in [0.25, 0.3) is 0 Å². The standard InChI is InChI=1S/C12H17N3O/c13-10-3-5-12(6-4-10)15-7-1-2-11(8-15)14-9-16/h3-6,9,11H,1-2,7-8,13H2,(H,14,16). The van der Waals surface area contributed by atoms with Gasteiger partial charge >= 0.3 is 0 Å². The van der Waals surface area contributed by atoms with Gasteiger partial charge in [0, 0.05) is 30.5 Å². The lowest BCUT2D eigenvalue weighted by molar-refractivity contribution is -0.110. The number of benzene rings is 1. The lowest BCUT2D eigenvalue weighted by atomic mass is 10.1. The van der Waals surface area contributed by atoms with Crippen molar-refractivity contribution in [3.63, 3.8) is 0 Å². The molecule has 0 aromatic heterocycles. The van der Waals surface area contributed by atoms with E-state index in [4.69, 9.17) is 5.73 Å². The molecule has 16 heavy (non-hydrogen) atoms. The van der Waals surface area contributed by atoms with Crippen LogP contribution in [0.25, 0.3) is 0 Å². The first-order valence-corrected chi connectivity index (χ1v) is 5.60. The Morgan fingerprint density at radius 3 is 2.81 bits per heavy atom. The molecule has 86 valence electrons. The predicted octanol–water partition coefficient (Wildman–Crippen LogP) is 0.984. The zero-order valence-electron chi connectivity index (χ0n) is 9.23. The van der Waals surface area contributed by atoms with Gasteiger partial charge in [-0.15, -0.1) is 0 Å². The monoisotopic (exact) mass is 219 g/mol. The Labute approximate surface area is 95.4 Å². The molecule has 3 N–H and O–H groups in total. The summed E-state index contributed by atoms with van der Waals surface area (Å²) in [6, 6.07) is 8.14. The van der Waals surface area contributed by atoms with Crippen molar-refractivity contribution >= 4 is 17.8 Å². The van der Waals surface area contributed by atoms with Crippen LogP contribution in [0, 0.1) is 0 Å². The Hall–Kier alpha value is -1.71. The van der Waals surface area contributed by atoms with Crippen molar-refractivity contribution in [3.05, 3.63) is 24.3 Å². The molecule has 0 aliphatic carbocycles. The van der Waals surface area contributed by atoms with E-state index in [1.807, 2.05) is 24.3 Å². The molecule has 1 aromatic rings. The topological polar surface area (TPSA) is 58.4 Å². The number of amides is 1. The number of nitrogens with zero attached hydrogens (tertiary/aromatic N) is 1. The van der Waals surface area contributed by atoms with Crippen molar-refractivity contribution in [2.24, 2.45) is 0 Å². The maximum atomic E-state index is 10.4. The Morgan fingerprint density at radius 2 is 2.12 bits per heavy atom. The number of carbonyl (C=O) groups is 1. The molecule has 1 aromatic carbocycles. The Kier molecular flexibility index (Phi) is 3.29. The van der Waals surface area contributed by atoms with E-state index in [0.717, 1.165) is 38.0 Å². The molecule has 1 unspecified atom stereocenters. The smallest absolute Gasteiger partial charge is 0.207 e. The highest BCUT2D eigenvalue weighted by molar-refractivity contribution is 5.54. The molecule has 0 radical (unpaired) electrons. The number of nitrogens with one attached hydrogen (secondary N) is 1. The highest BCUT2D eigenvalue weighted by Gasteiger charge is 2.19. The zero-order chi connectivity index (χ0) is 11.4. The first-order valence-electron chi connectivity index (χ1n) is 5.60. The van der Waals surface area contributed by atoms with E-state index in [-0.39, 0.29) is 6.04 Å². The van der Waals surface area contributed by atoms with Gasteiger partial charge in [-0.3, -0.25) is 4.79 Å². The molecule has 1 saturated heterocycles. The second-order valence-corrected chi connectivity index (χ2v) is 4.16. The Bertz CT molecular complexity index is 350. The zero-order valence-corrected chi connectivity index (χ0v) is 9.23. The minimum Gasteiger partial charge on any atom is -0.399 e. The highest BCUT2D eigenvalue weighted by Crippen LogP contribution is 2.20. The summed E-state index contributed by atoms with van der Waals surface area (Å²) in [5.74, 6) is 0. The molecule has 2 rings (SSSR count). The molecule has 0 bridgehead atoms. The molecular formula is C12H17N3O. The van der Waals surface area contributed by atoms with E-state index in [9.17, 15) is 4.79 Å². The summed E-state index contributed by atoms with van der Waals surface area (Å²) < 4.78 is 0. The van der Waals surface area contributed by atoms with Crippen LogP contribution in [-0.4, -0.2) is 25.5 Å². The number of carbonyl (C=O) groups excluding carboxylic acids is 1. The summed E-state index contributed by atoms with van der Waals surface area (Å²) in [6.45, 7) is 1.92. The van der Waals surface area contributed by atoms with E-state index in [1.54, 1.807) is 0 Å². The molecule has 1 aliphatic rings. The van der Waals surface area contributed by atoms with Gasteiger partial charge in [-0.1, -0.05) is 0 Å². The summed E-state index contributed by atoms with van der Waals surface area (Å²) in [5.41, 5.74) is 7.61. The van der Waals surface area contributed by atoms with E-state index in [0.29, 0.717) is 0 Å². The van der Waals surface area contributed by atoms with Crippen LogP contribution >= 0.6 is 0 Å². The third-order valence-electron chi connectivity index (χ3n) is 2.98. The fourth-order valence-electron chi connectivity index (χ4n) is 2.13. The molecule has 1 fully saturated rings. The van der Waals surface area contributed by atoms with Gasteiger partial charge in [-0.05, 0) is 37.1 Å². The molecule has 1 heterocycles. The second-order valence-electron chi connectivity index (χ2n) is 4.16. The van der Waals surface area contributed by atoms with E-state index in [1.165, 1.54) is 5.69 Å². The third kappa shape index (κ3) is 2.45. The predicted molar refractivity (Wildman–Crippen MR) is 65.3 cm³/mol. The summed E-state index contributed by atoms with van der Waals surface area (Å²) in [4.78, 5) is 12.7. The highest BCUT2D eigenvalue weighted by atomic mass is 16.1. The lowest BCUT2D eigenvalue weighted by Gasteiger charge is -2.34. The maximum Gasteiger partial charge on any atom is 0.207 e. The van der Waals surface area contributed by atoms with Gasteiger partial charge in [0.1, 0.15) is 0 Å². The molecule has 1 amide bonds. The first-order chi connectivity index (χ1) is 7.79.